The van der Waals surface area contributed by atoms with E-state index in [0.29, 0.717) is 36.1 Å². The Hall–Kier alpha value is -3.45. The molecular weight excluding hydrogens is 416 g/mol. The summed E-state index contributed by atoms with van der Waals surface area (Å²) in [5.41, 5.74) is 2.65. The number of sulfonamides is 1. The van der Waals surface area contributed by atoms with Gasteiger partial charge in [0.15, 0.2) is 0 Å². The molecule has 0 bridgehead atoms. The third-order valence-corrected chi connectivity index (χ3v) is 9.34. The fourth-order valence-electron chi connectivity index (χ4n) is 4.86. The highest BCUT2D eigenvalue weighted by atomic mass is 32.2. The third-order valence-electron chi connectivity index (χ3n) is 6.69. The summed E-state index contributed by atoms with van der Waals surface area (Å²) in [6.45, 7) is 1.71. The van der Waals surface area contributed by atoms with E-state index in [1.807, 2.05) is 12.1 Å². The summed E-state index contributed by atoms with van der Waals surface area (Å²) >= 11 is 0. The summed E-state index contributed by atoms with van der Waals surface area (Å²) in [4.78, 5) is 16.8. The van der Waals surface area contributed by atoms with Gasteiger partial charge in [-0.2, -0.15) is 5.26 Å². The van der Waals surface area contributed by atoms with Crippen LogP contribution in [0.2, 0.25) is 0 Å². The molecule has 2 fully saturated rings. The molecule has 1 aromatic heterocycles. The number of aromatic nitrogens is 1. The first kappa shape index (κ1) is 19.5. The minimum absolute atomic E-state index is 0.143. The lowest BCUT2D eigenvalue weighted by Gasteiger charge is -2.54. The lowest BCUT2D eigenvalue weighted by molar-refractivity contribution is 0.102. The van der Waals surface area contributed by atoms with E-state index in [-0.39, 0.29) is 11.7 Å². The van der Waals surface area contributed by atoms with Crippen LogP contribution in [-0.2, 0) is 22.0 Å². The second-order valence-electron chi connectivity index (χ2n) is 8.35. The van der Waals surface area contributed by atoms with E-state index in [0.717, 1.165) is 15.4 Å². The summed E-state index contributed by atoms with van der Waals surface area (Å²) in [6.07, 6.45) is 2.93. The van der Waals surface area contributed by atoms with Crippen molar-refractivity contribution >= 4 is 27.6 Å². The molecule has 3 aliphatic rings. The Balaban J connectivity index is 1.49. The molecule has 10 heteroatoms. The molecule has 9 nitrogen and oxygen atoms in total. The Labute approximate surface area is 179 Å². The van der Waals surface area contributed by atoms with Gasteiger partial charge in [0.25, 0.3) is 5.91 Å². The molecule has 5 rings (SSSR count). The standard InChI is InChI=1S/C21H20N6O3S/c1-12-7-13(10-22)11-24-17(12)18(28)25-15-4-3-14-9-21(16(14)8-15)20(5-6-20)31(29,30)27(2)19(23)26-21/h3-4,7-8,11H,5-6,9H2,1-2H3,(H2,23,26)(H,25,28)/t21-/m1/s1. The van der Waals surface area contributed by atoms with Gasteiger partial charge >= 0.3 is 0 Å². The number of guanidine groups is 1. The van der Waals surface area contributed by atoms with Gasteiger partial charge in [0.2, 0.25) is 16.0 Å². The molecule has 1 saturated heterocycles. The Morgan fingerprint density at radius 3 is 2.74 bits per heavy atom. The summed E-state index contributed by atoms with van der Waals surface area (Å²) < 4.78 is 26.3. The van der Waals surface area contributed by atoms with Crippen LogP contribution in [-0.4, -0.2) is 41.4 Å². The number of carbonyl (C=O) groups is 1. The number of hydrogen-bond acceptors (Lipinski definition) is 6. The van der Waals surface area contributed by atoms with Gasteiger partial charge in [0.05, 0.1) is 11.1 Å². The molecule has 0 radical (unpaired) electrons. The third kappa shape index (κ3) is 2.41. The van der Waals surface area contributed by atoms with E-state index < -0.39 is 26.2 Å². The quantitative estimate of drug-likeness (QED) is 0.653. The Bertz CT molecular complexity index is 1330. The lowest BCUT2D eigenvalue weighted by atomic mass is 9.67. The molecule has 2 heterocycles. The fourth-order valence-corrected chi connectivity index (χ4v) is 6.96. The van der Waals surface area contributed by atoms with Gasteiger partial charge in [-0.3, -0.25) is 10.2 Å². The molecule has 2 spiro atoms. The zero-order valence-electron chi connectivity index (χ0n) is 17.0. The first-order valence-electron chi connectivity index (χ1n) is 9.82. The van der Waals surface area contributed by atoms with Crippen LogP contribution in [0.4, 0.5) is 5.69 Å². The SMILES string of the molecule is Cc1cc(C#N)cnc1C(=O)Nc1ccc2c(c1)[C@@]1(C2)NC(=N)N(C)S(=O)(=O)C12CC2. The number of aryl methyl sites for hydroxylation is 1. The first-order chi connectivity index (χ1) is 14.6. The minimum Gasteiger partial charge on any atom is -0.344 e. The van der Waals surface area contributed by atoms with Crippen molar-refractivity contribution in [1.82, 2.24) is 14.6 Å². The number of nitrogens with one attached hydrogen (secondary N) is 3. The van der Waals surface area contributed by atoms with E-state index in [4.69, 9.17) is 10.7 Å². The number of nitriles is 1. The topological polar surface area (TPSA) is 139 Å². The zero-order chi connectivity index (χ0) is 22.2. The molecule has 1 aliphatic heterocycles. The van der Waals surface area contributed by atoms with Crippen LogP contribution >= 0.6 is 0 Å². The van der Waals surface area contributed by atoms with Gasteiger partial charge < -0.3 is 10.6 Å². The predicted molar refractivity (Wildman–Crippen MR) is 113 cm³/mol. The van der Waals surface area contributed by atoms with Crippen molar-refractivity contribution in [3.63, 3.8) is 0 Å². The maximum atomic E-state index is 13.1. The first-order valence-corrected chi connectivity index (χ1v) is 11.3. The molecule has 158 valence electrons. The van der Waals surface area contributed by atoms with Crippen molar-refractivity contribution in [1.29, 1.82) is 10.7 Å². The number of pyridine rings is 1. The van der Waals surface area contributed by atoms with Crippen molar-refractivity contribution in [3.8, 4) is 6.07 Å². The fraction of sp³-hybridized carbons (Fsp3) is 0.333. The summed E-state index contributed by atoms with van der Waals surface area (Å²) in [5.74, 6) is -0.553. The van der Waals surface area contributed by atoms with Crippen molar-refractivity contribution in [2.45, 2.75) is 36.5 Å². The molecule has 3 N–H and O–H groups in total. The molecular formula is C21H20N6O3S. The van der Waals surface area contributed by atoms with E-state index in [2.05, 4.69) is 15.6 Å². The lowest BCUT2D eigenvalue weighted by Crippen LogP contribution is -2.72. The van der Waals surface area contributed by atoms with Gasteiger partial charge in [-0.25, -0.2) is 17.7 Å². The molecule has 1 saturated carbocycles. The second-order valence-corrected chi connectivity index (χ2v) is 10.6. The number of benzene rings is 1. The molecule has 0 unspecified atom stereocenters. The van der Waals surface area contributed by atoms with Crippen LogP contribution in [0, 0.1) is 23.7 Å². The summed E-state index contributed by atoms with van der Waals surface area (Å²) in [5, 5.41) is 23.1. The number of fused-ring (bicyclic) bond motifs is 3. The Morgan fingerprint density at radius 2 is 2.10 bits per heavy atom. The zero-order valence-corrected chi connectivity index (χ0v) is 17.8. The van der Waals surface area contributed by atoms with Crippen LogP contribution in [0.1, 0.15) is 45.6 Å². The number of amides is 1. The molecule has 31 heavy (non-hydrogen) atoms. The maximum absolute atomic E-state index is 13.1. The van der Waals surface area contributed by atoms with Crippen LogP contribution in [0.15, 0.2) is 30.5 Å². The normalized spacial score (nSPS) is 24.0. The van der Waals surface area contributed by atoms with Gasteiger partial charge in [0.1, 0.15) is 16.5 Å². The number of carbonyl (C=O) groups excluding carboxylic acids is 1. The van der Waals surface area contributed by atoms with Crippen LogP contribution in [0.3, 0.4) is 0 Å². The smallest absolute Gasteiger partial charge is 0.274 e. The van der Waals surface area contributed by atoms with Crippen molar-refractivity contribution in [2.24, 2.45) is 0 Å². The van der Waals surface area contributed by atoms with E-state index in [1.165, 1.54) is 13.2 Å². The Kier molecular flexibility index (Phi) is 3.80. The van der Waals surface area contributed by atoms with Crippen LogP contribution in [0.25, 0.3) is 0 Å². The average Bonchev–Trinajstić information content (AvgIpc) is 3.53. The number of nitrogens with zero attached hydrogens (tertiary/aromatic N) is 3. The largest absolute Gasteiger partial charge is 0.344 e. The van der Waals surface area contributed by atoms with Crippen molar-refractivity contribution in [2.75, 3.05) is 12.4 Å². The van der Waals surface area contributed by atoms with Gasteiger partial charge in [-0.15, -0.1) is 0 Å². The van der Waals surface area contributed by atoms with Crippen LogP contribution in [0.5, 0.6) is 0 Å². The highest BCUT2D eigenvalue weighted by Gasteiger charge is 2.75. The monoisotopic (exact) mass is 436 g/mol. The highest BCUT2D eigenvalue weighted by Crippen LogP contribution is 2.63. The maximum Gasteiger partial charge on any atom is 0.274 e. The second kappa shape index (κ2) is 6.04. The van der Waals surface area contributed by atoms with E-state index >= 15 is 0 Å². The number of hydrogen-bond donors (Lipinski definition) is 3. The average molecular weight is 436 g/mol. The van der Waals surface area contributed by atoms with Crippen molar-refractivity contribution < 1.29 is 13.2 Å². The highest BCUT2D eigenvalue weighted by molar-refractivity contribution is 7.91. The molecule has 1 amide bonds. The predicted octanol–water partition coefficient (Wildman–Crippen LogP) is 1.60. The summed E-state index contributed by atoms with van der Waals surface area (Å²) in [6, 6.07) is 9.04. The Morgan fingerprint density at radius 1 is 1.35 bits per heavy atom. The molecule has 2 aromatic rings. The van der Waals surface area contributed by atoms with Crippen molar-refractivity contribution in [3.05, 3.63) is 58.4 Å². The van der Waals surface area contributed by atoms with Gasteiger partial charge in [-0.1, -0.05) is 6.07 Å². The van der Waals surface area contributed by atoms with Gasteiger partial charge in [-0.05, 0) is 54.7 Å². The van der Waals surface area contributed by atoms with E-state index in [1.54, 1.807) is 25.1 Å². The van der Waals surface area contributed by atoms with Gasteiger partial charge in [0, 0.05) is 25.4 Å². The minimum atomic E-state index is -3.66. The molecule has 2 aliphatic carbocycles. The summed E-state index contributed by atoms with van der Waals surface area (Å²) in [7, 11) is -2.25. The van der Waals surface area contributed by atoms with E-state index in [9.17, 15) is 13.2 Å². The van der Waals surface area contributed by atoms with Crippen LogP contribution < -0.4 is 10.6 Å². The number of rotatable bonds is 2. The molecule has 1 atom stereocenters. The number of anilines is 1. The molecule has 1 aromatic carbocycles.